The summed E-state index contributed by atoms with van der Waals surface area (Å²) in [5.41, 5.74) is 0.533. The summed E-state index contributed by atoms with van der Waals surface area (Å²) in [6.45, 7) is 9.64. The summed E-state index contributed by atoms with van der Waals surface area (Å²) in [5.74, 6) is 5.32. The summed E-state index contributed by atoms with van der Waals surface area (Å²) < 4.78 is 40.8. The van der Waals surface area contributed by atoms with Crippen molar-refractivity contribution in [3.63, 3.8) is 0 Å². The van der Waals surface area contributed by atoms with E-state index in [0.29, 0.717) is 16.7 Å². The molecule has 3 unspecified atom stereocenters. The van der Waals surface area contributed by atoms with E-state index in [2.05, 4.69) is 25.0 Å². The number of epoxide rings is 1. The SMILES string of the molecule is C[C@H](CCCC1(C)OC1OS(=O)(=O)O)[C@H]1CC[C@H]2[C@@H]3CCC4CCCC[C@]4(C)[C@H]3CC[C@]12C. The molecule has 190 valence electrons. The Morgan fingerprint density at radius 3 is 2.48 bits per heavy atom. The van der Waals surface area contributed by atoms with E-state index in [1.807, 2.05) is 6.92 Å². The van der Waals surface area contributed by atoms with Crippen LogP contribution in [0.2, 0.25) is 0 Å². The van der Waals surface area contributed by atoms with Crippen molar-refractivity contribution in [3.05, 3.63) is 0 Å². The van der Waals surface area contributed by atoms with Gasteiger partial charge in [-0.3, -0.25) is 4.55 Å². The molecule has 0 bridgehead atoms. The molecule has 0 aromatic heterocycles. The molecule has 1 heterocycles. The van der Waals surface area contributed by atoms with Crippen LogP contribution < -0.4 is 0 Å². The molecule has 0 spiro atoms. The highest BCUT2D eigenvalue weighted by Gasteiger charge is 2.60. The Morgan fingerprint density at radius 2 is 1.73 bits per heavy atom. The molecule has 0 aromatic carbocycles. The molecule has 5 rings (SSSR count). The molecular formula is C27H46O5S. The molecular weight excluding hydrogens is 436 g/mol. The molecule has 33 heavy (non-hydrogen) atoms. The second-order valence-corrected chi connectivity index (χ2v) is 14.3. The monoisotopic (exact) mass is 482 g/mol. The van der Waals surface area contributed by atoms with Crippen molar-refractivity contribution < 1.29 is 21.9 Å². The first-order valence-corrected chi connectivity index (χ1v) is 15.2. The first kappa shape index (κ1) is 24.5. The highest BCUT2D eigenvalue weighted by atomic mass is 32.3. The van der Waals surface area contributed by atoms with Gasteiger partial charge in [-0.15, -0.1) is 0 Å². The quantitative estimate of drug-likeness (QED) is 0.320. The van der Waals surface area contributed by atoms with Crippen molar-refractivity contribution in [2.24, 2.45) is 46.3 Å². The van der Waals surface area contributed by atoms with Crippen molar-refractivity contribution in [3.8, 4) is 0 Å². The maximum Gasteiger partial charge on any atom is 0.399 e. The Morgan fingerprint density at radius 1 is 0.970 bits per heavy atom. The Labute approximate surface area is 201 Å². The lowest BCUT2D eigenvalue weighted by Gasteiger charge is -2.61. The minimum Gasteiger partial charge on any atom is -0.337 e. The van der Waals surface area contributed by atoms with E-state index in [0.717, 1.165) is 48.9 Å². The largest absolute Gasteiger partial charge is 0.399 e. The molecule has 5 fully saturated rings. The Balaban J connectivity index is 1.18. The number of hydrogen-bond donors (Lipinski definition) is 1. The predicted molar refractivity (Wildman–Crippen MR) is 129 cm³/mol. The molecule has 0 radical (unpaired) electrons. The molecule has 4 aliphatic carbocycles. The number of ether oxygens (including phenoxy) is 1. The molecule has 1 N–H and O–H groups in total. The predicted octanol–water partition coefficient (Wildman–Crippen LogP) is 6.78. The fraction of sp³-hybridized carbons (Fsp3) is 1.00. The van der Waals surface area contributed by atoms with Crippen LogP contribution in [0.1, 0.15) is 111 Å². The van der Waals surface area contributed by atoms with Gasteiger partial charge < -0.3 is 4.74 Å². The summed E-state index contributed by atoms with van der Waals surface area (Å²) in [7, 11) is -4.45. The van der Waals surface area contributed by atoms with E-state index in [9.17, 15) is 8.42 Å². The van der Waals surface area contributed by atoms with Crippen LogP contribution in [-0.4, -0.2) is 24.9 Å². The van der Waals surface area contributed by atoms with E-state index < -0.39 is 22.3 Å². The van der Waals surface area contributed by atoms with Gasteiger partial charge >= 0.3 is 10.4 Å². The van der Waals surface area contributed by atoms with E-state index in [1.54, 1.807) is 0 Å². The van der Waals surface area contributed by atoms with Gasteiger partial charge in [0.25, 0.3) is 0 Å². The molecule has 5 aliphatic rings. The molecule has 6 heteroatoms. The Bertz CT molecular complexity index is 843. The van der Waals surface area contributed by atoms with E-state index in [-0.39, 0.29) is 0 Å². The lowest BCUT2D eigenvalue weighted by Crippen LogP contribution is -2.53. The third-order valence-corrected chi connectivity index (χ3v) is 12.1. The van der Waals surface area contributed by atoms with E-state index in [1.165, 1.54) is 64.2 Å². The molecule has 5 nitrogen and oxygen atoms in total. The highest BCUT2D eigenvalue weighted by Crippen LogP contribution is 2.68. The molecule has 1 saturated heterocycles. The maximum atomic E-state index is 10.9. The average molecular weight is 483 g/mol. The minimum absolute atomic E-state index is 0.495. The van der Waals surface area contributed by atoms with Gasteiger partial charge in [-0.05, 0) is 111 Å². The van der Waals surface area contributed by atoms with Gasteiger partial charge in [-0.1, -0.05) is 46.5 Å². The molecule has 1 aliphatic heterocycles. The second kappa shape index (κ2) is 8.45. The number of fused-ring (bicyclic) bond motifs is 5. The van der Waals surface area contributed by atoms with Gasteiger partial charge in [0, 0.05) is 0 Å². The van der Waals surface area contributed by atoms with Gasteiger partial charge in [0.15, 0.2) is 0 Å². The summed E-state index contributed by atoms with van der Waals surface area (Å²) in [5, 5.41) is 0. The van der Waals surface area contributed by atoms with Crippen LogP contribution >= 0.6 is 0 Å². The fourth-order valence-electron chi connectivity index (χ4n) is 9.87. The first-order chi connectivity index (χ1) is 15.5. The third-order valence-electron chi connectivity index (χ3n) is 11.7. The van der Waals surface area contributed by atoms with Crippen molar-refractivity contribution >= 4 is 10.4 Å². The summed E-state index contributed by atoms with van der Waals surface area (Å²) in [6, 6.07) is 0. The van der Waals surface area contributed by atoms with E-state index in [4.69, 9.17) is 9.29 Å². The zero-order chi connectivity index (χ0) is 23.6. The average Bonchev–Trinajstić information content (AvgIpc) is 3.19. The third kappa shape index (κ3) is 4.34. The summed E-state index contributed by atoms with van der Waals surface area (Å²) in [4.78, 5) is 0. The maximum absolute atomic E-state index is 10.9. The van der Waals surface area contributed by atoms with Gasteiger partial charge in [0.05, 0.1) is 0 Å². The Hall–Kier alpha value is -0.170. The second-order valence-electron chi connectivity index (χ2n) is 13.3. The van der Waals surface area contributed by atoms with Crippen LogP contribution in [0.25, 0.3) is 0 Å². The summed E-state index contributed by atoms with van der Waals surface area (Å²) >= 11 is 0. The zero-order valence-electron chi connectivity index (χ0n) is 21.2. The standard InChI is InChI=1S/C27H46O5S/c1-18(8-7-16-27(4)24(31-27)32-33(28,29)30)21-12-13-22-20-11-10-19-9-5-6-15-25(19,2)23(20)14-17-26(21,22)3/h18-24H,5-17H2,1-4H3,(H,28,29,30)/t18-,19?,20+,21-,22+,23+,24?,25+,26-,27?/m1/s1. The van der Waals surface area contributed by atoms with E-state index >= 15 is 0 Å². The molecule has 10 atom stereocenters. The van der Waals surface area contributed by atoms with Crippen LogP contribution in [0.4, 0.5) is 0 Å². The van der Waals surface area contributed by atoms with Crippen molar-refractivity contribution in [1.82, 2.24) is 0 Å². The lowest BCUT2D eigenvalue weighted by atomic mass is 9.44. The van der Waals surface area contributed by atoms with Gasteiger partial charge in [-0.25, -0.2) is 4.18 Å². The molecule has 4 saturated carbocycles. The van der Waals surface area contributed by atoms with Crippen LogP contribution in [0.5, 0.6) is 0 Å². The smallest absolute Gasteiger partial charge is 0.337 e. The Kier molecular flexibility index (Phi) is 6.28. The lowest BCUT2D eigenvalue weighted by molar-refractivity contribution is -0.114. The highest BCUT2D eigenvalue weighted by molar-refractivity contribution is 7.80. The molecule has 0 aromatic rings. The van der Waals surface area contributed by atoms with Crippen LogP contribution in [0.3, 0.4) is 0 Å². The van der Waals surface area contributed by atoms with Crippen molar-refractivity contribution in [2.45, 2.75) is 123 Å². The van der Waals surface area contributed by atoms with Crippen molar-refractivity contribution in [1.29, 1.82) is 0 Å². The van der Waals surface area contributed by atoms with Gasteiger partial charge in [0.2, 0.25) is 6.29 Å². The fourth-order valence-corrected chi connectivity index (χ4v) is 10.3. The topological polar surface area (TPSA) is 76.1 Å². The van der Waals surface area contributed by atoms with Crippen LogP contribution in [0.15, 0.2) is 0 Å². The summed E-state index contributed by atoms with van der Waals surface area (Å²) in [6.07, 6.45) is 16.6. The number of rotatable bonds is 7. The minimum atomic E-state index is -4.45. The normalized spacial score (nSPS) is 50.2. The number of hydrogen-bond acceptors (Lipinski definition) is 4. The first-order valence-electron chi connectivity index (χ1n) is 13.8. The van der Waals surface area contributed by atoms with Crippen LogP contribution in [-0.2, 0) is 19.3 Å². The van der Waals surface area contributed by atoms with Crippen LogP contribution in [0, 0.1) is 46.3 Å². The van der Waals surface area contributed by atoms with Crippen molar-refractivity contribution in [2.75, 3.05) is 0 Å². The van der Waals surface area contributed by atoms with Gasteiger partial charge in [-0.2, -0.15) is 8.42 Å². The molecule has 0 amide bonds. The zero-order valence-corrected chi connectivity index (χ0v) is 22.0. The van der Waals surface area contributed by atoms with Gasteiger partial charge in [0.1, 0.15) is 5.60 Å².